The quantitative estimate of drug-likeness (QED) is 0.830. The van der Waals surface area contributed by atoms with Gasteiger partial charge >= 0.3 is 0 Å². The molecule has 4 nitrogen and oxygen atoms in total. The van der Waals surface area contributed by atoms with Crippen LogP contribution in [0, 0.1) is 11.9 Å². The first-order valence-electron chi connectivity index (χ1n) is 4.52. The zero-order valence-corrected chi connectivity index (χ0v) is 8.45. The molecule has 0 fully saturated rings. The molecule has 1 aromatic carbocycles. The Morgan fingerprint density at radius 3 is 3.00 bits per heavy atom. The standard InChI is InChI=1S/C11H8FN2O2/c1-16-9-6-10(15)13-14-11(9)7-3-2-4-8(12)5-7/h2-3,5-6H,1H3,(H,13,15). The lowest BCUT2D eigenvalue weighted by atomic mass is 10.1. The Hall–Kier alpha value is -2.17. The fraction of sp³-hybridized carbons (Fsp3) is 0.0909. The van der Waals surface area contributed by atoms with Crippen LogP contribution in [-0.4, -0.2) is 17.3 Å². The third-order valence-corrected chi connectivity index (χ3v) is 2.03. The van der Waals surface area contributed by atoms with E-state index in [0.29, 0.717) is 17.0 Å². The number of benzene rings is 1. The van der Waals surface area contributed by atoms with Crippen molar-refractivity contribution >= 4 is 0 Å². The van der Waals surface area contributed by atoms with E-state index < -0.39 is 5.82 Å². The number of nitrogens with one attached hydrogen (secondary N) is 1. The maximum absolute atomic E-state index is 13.0. The van der Waals surface area contributed by atoms with Gasteiger partial charge in [0, 0.05) is 17.7 Å². The number of methoxy groups -OCH3 is 1. The van der Waals surface area contributed by atoms with Crippen molar-refractivity contribution in [1.29, 1.82) is 0 Å². The van der Waals surface area contributed by atoms with Crippen molar-refractivity contribution in [3.05, 3.63) is 46.5 Å². The third kappa shape index (κ3) is 1.93. The molecule has 0 atom stereocenters. The zero-order valence-electron chi connectivity index (χ0n) is 8.45. The van der Waals surface area contributed by atoms with Crippen molar-refractivity contribution in [2.75, 3.05) is 7.11 Å². The molecule has 0 bridgehead atoms. The molecule has 0 unspecified atom stereocenters. The molecule has 1 aromatic heterocycles. The second kappa shape index (κ2) is 4.14. The average Bonchev–Trinajstić information content (AvgIpc) is 2.28. The van der Waals surface area contributed by atoms with Gasteiger partial charge in [0.2, 0.25) is 0 Å². The molecule has 5 heteroatoms. The lowest BCUT2D eigenvalue weighted by molar-refractivity contribution is 0.413. The predicted octanol–water partition coefficient (Wildman–Crippen LogP) is 1.38. The lowest BCUT2D eigenvalue weighted by Crippen LogP contribution is -2.08. The van der Waals surface area contributed by atoms with Crippen molar-refractivity contribution in [2.45, 2.75) is 0 Å². The fourth-order valence-corrected chi connectivity index (χ4v) is 1.33. The molecular weight excluding hydrogens is 211 g/mol. The van der Waals surface area contributed by atoms with Crippen LogP contribution in [0.1, 0.15) is 0 Å². The minimum absolute atomic E-state index is 0.300. The van der Waals surface area contributed by atoms with Gasteiger partial charge in [0.25, 0.3) is 5.56 Å². The van der Waals surface area contributed by atoms with Gasteiger partial charge in [0.1, 0.15) is 11.5 Å². The number of halogens is 1. The Morgan fingerprint density at radius 2 is 2.31 bits per heavy atom. The Labute approximate surface area is 90.7 Å². The normalized spacial score (nSPS) is 10.1. The van der Waals surface area contributed by atoms with Gasteiger partial charge in [-0.1, -0.05) is 12.1 Å². The van der Waals surface area contributed by atoms with E-state index in [1.54, 1.807) is 6.07 Å². The summed E-state index contributed by atoms with van der Waals surface area (Å²) in [5, 5.41) is 6.09. The van der Waals surface area contributed by atoms with Crippen molar-refractivity contribution in [2.24, 2.45) is 0 Å². The summed E-state index contributed by atoms with van der Waals surface area (Å²) in [5.74, 6) is -0.193. The molecule has 1 heterocycles. The Morgan fingerprint density at radius 1 is 1.50 bits per heavy atom. The number of hydrogen-bond acceptors (Lipinski definition) is 3. The number of ether oxygens (including phenoxy) is 1. The van der Waals surface area contributed by atoms with Gasteiger partial charge in [-0.2, -0.15) is 5.10 Å². The van der Waals surface area contributed by atoms with Crippen molar-refractivity contribution in [3.8, 4) is 17.0 Å². The van der Waals surface area contributed by atoms with E-state index in [1.807, 2.05) is 0 Å². The van der Waals surface area contributed by atoms with Crippen LogP contribution >= 0.6 is 0 Å². The SMILES string of the molecule is COc1cc(=O)[nH]nc1-c1cc[c]c(F)c1. The first-order chi connectivity index (χ1) is 7.70. The number of hydrogen-bond donors (Lipinski definition) is 1. The van der Waals surface area contributed by atoms with Gasteiger partial charge in [0.15, 0.2) is 5.75 Å². The summed E-state index contributed by atoms with van der Waals surface area (Å²) in [4.78, 5) is 11.0. The maximum atomic E-state index is 13.0. The van der Waals surface area contributed by atoms with Crippen LogP contribution in [0.4, 0.5) is 4.39 Å². The van der Waals surface area contributed by atoms with Crippen LogP contribution < -0.4 is 10.3 Å². The van der Waals surface area contributed by atoms with Crippen LogP contribution in [-0.2, 0) is 0 Å². The van der Waals surface area contributed by atoms with E-state index >= 15 is 0 Å². The fourth-order valence-electron chi connectivity index (χ4n) is 1.33. The largest absolute Gasteiger partial charge is 0.494 e. The molecule has 0 aliphatic heterocycles. The molecule has 0 saturated heterocycles. The summed E-state index contributed by atoms with van der Waals surface area (Å²) in [6, 6.07) is 7.98. The molecule has 1 N–H and O–H groups in total. The number of rotatable bonds is 2. The number of H-pyrrole nitrogens is 1. The Bertz CT molecular complexity index is 566. The second-order valence-electron chi connectivity index (χ2n) is 3.07. The van der Waals surface area contributed by atoms with Crippen molar-refractivity contribution in [3.63, 3.8) is 0 Å². The first kappa shape index (κ1) is 10.4. The highest BCUT2D eigenvalue weighted by Gasteiger charge is 2.09. The van der Waals surface area contributed by atoms with Crippen molar-refractivity contribution in [1.82, 2.24) is 10.2 Å². The molecular formula is C11H8FN2O2. The monoisotopic (exact) mass is 219 g/mol. The van der Waals surface area contributed by atoms with E-state index in [2.05, 4.69) is 16.3 Å². The van der Waals surface area contributed by atoms with Gasteiger partial charge in [0.05, 0.1) is 7.11 Å². The molecule has 16 heavy (non-hydrogen) atoms. The highest BCUT2D eigenvalue weighted by molar-refractivity contribution is 5.65. The molecule has 2 rings (SSSR count). The summed E-state index contributed by atoms with van der Waals surface area (Å²) in [6.45, 7) is 0. The zero-order chi connectivity index (χ0) is 11.5. The van der Waals surface area contributed by atoms with E-state index in [9.17, 15) is 9.18 Å². The van der Waals surface area contributed by atoms with Crippen molar-refractivity contribution < 1.29 is 9.13 Å². The van der Waals surface area contributed by atoms with Crippen LogP contribution in [0.25, 0.3) is 11.3 Å². The maximum Gasteiger partial charge on any atom is 0.267 e. The van der Waals surface area contributed by atoms with Gasteiger partial charge in [-0.25, -0.2) is 9.49 Å². The van der Waals surface area contributed by atoms with Gasteiger partial charge in [-0.3, -0.25) is 4.79 Å². The Balaban J connectivity index is 2.59. The number of aromatic amines is 1. The van der Waals surface area contributed by atoms with Crippen LogP contribution in [0.15, 0.2) is 29.1 Å². The summed E-state index contributed by atoms with van der Waals surface area (Å²) in [7, 11) is 1.42. The molecule has 0 aliphatic rings. The van der Waals surface area contributed by atoms with E-state index in [4.69, 9.17) is 4.74 Å². The minimum atomic E-state index is -0.493. The average molecular weight is 219 g/mol. The third-order valence-electron chi connectivity index (χ3n) is 2.03. The number of aromatic nitrogens is 2. The molecule has 1 radical (unpaired) electrons. The van der Waals surface area contributed by atoms with Crippen LogP contribution in [0.5, 0.6) is 5.75 Å². The molecule has 2 aromatic rings. The second-order valence-corrected chi connectivity index (χ2v) is 3.07. The summed E-state index contributed by atoms with van der Waals surface area (Å²) in [5.41, 5.74) is 0.530. The number of nitrogens with zero attached hydrogens (tertiary/aromatic N) is 1. The van der Waals surface area contributed by atoms with Crippen LogP contribution in [0.3, 0.4) is 0 Å². The van der Waals surface area contributed by atoms with Gasteiger partial charge < -0.3 is 4.74 Å². The molecule has 81 valence electrons. The molecule has 0 aliphatic carbocycles. The molecule has 0 amide bonds. The molecule has 0 spiro atoms. The Kier molecular flexibility index (Phi) is 2.68. The highest BCUT2D eigenvalue weighted by atomic mass is 19.1. The summed E-state index contributed by atoms with van der Waals surface area (Å²) >= 11 is 0. The predicted molar refractivity (Wildman–Crippen MR) is 55.6 cm³/mol. The highest BCUT2D eigenvalue weighted by Crippen LogP contribution is 2.25. The van der Waals surface area contributed by atoms with Crippen LogP contribution in [0.2, 0.25) is 0 Å². The topological polar surface area (TPSA) is 55.0 Å². The summed E-state index contributed by atoms with van der Waals surface area (Å²) in [6.07, 6.45) is 0. The van der Waals surface area contributed by atoms with E-state index in [-0.39, 0.29) is 5.56 Å². The first-order valence-corrected chi connectivity index (χ1v) is 4.52. The summed E-state index contributed by atoms with van der Waals surface area (Å²) < 4.78 is 18.0. The van der Waals surface area contributed by atoms with E-state index in [1.165, 1.54) is 25.3 Å². The minimum Gasteiger partial charge on any atom is -0.494 e. The van der Waals surface area contributed by atoms with Gasteiger partial charge in [-0.15, -0.1) is 0 Å². The lowest BCUT2D eigenvalue weighted by Gasteiger charge is -2.05. The van der Waals surface area contributed by atoms with E-state index in [0.717, 1.165) is 0 Å². The molecule has 0 saturated carbocycles. The smallest absolute Gasteiger partial charge is 0.267 e. The van der Waals surface area contributed by atoms with Gasteiger partial charge in [-0.05, 0) is 6.07 Å².